The minimum atomic E-state index is -0.153. The number of carbonyl (C=O) groups is 1. The van der Waals surface area contributed by atoms with E-state index >= 15 is 0 Å². The highest BCUT2D eigenvalue weighted by molar-refractivity contribution is 5.69. The van der Waals surface area contributed by atoms with Gasteiger partial charge in [-0.25, -0.2) is 4.79 Å². The Labute approximate surface area is 119 Å². The fraction of sp³-hybridized carbons (Fsp3) is 0.688. The van der Waals surface area contributed by atoms with Crippen LogP contribution in [0.4, 0.5) is 4.79 Å². The summed E-state index contributed by atoms with van der Waals surface area (Å²) >= 11 is 0. The summed E-state index contributed by atoms with van der Waals surface area (Å²) in [5.41, 5.74) is 0.0728. The fourth-order valence-electron chi connectivity index (χ4n) is 5.01. The van der Waals surface area contributed by atoms with Gasteiger partial charge in [0.05, 0.1) is 19.8 Å². The van der Waals surface area contributed by atoms with Crippen molar-refractivity contribution in [2.45, 2.75) is 25.8 Å². The van der Waals surface area contributed by atoms with Crippen LogP contribution < -0.4 is 0 Å². The third-order valence-electron chi connectivity index (χ3n) is 5.85. The van der Waals surface area contributed by atoms with Gasteiger partial charge in [0, 0.05) is 23.4 Å². The van der Waals surface area contributed by atoms with E-state index in [1.54, 1.807) is 0 Å². The Morgan fingerprint density at radius 1 is 1.30 bits per heavy atom. The maximum atomic E-state index is 12.3. The number of piperidine rings is 2. The van der Waals surface area contributed by atoms with Gasteiger partial charge in [0.25, 0.3) is 0 Å². The van der Waals surface area contributed by atoms with E-state index in [-0.39, 0.29) is 23.0 Å². The summed E-state index contributed by atoms with van der Waals surface area (Å²) in [4.78, 5) is 14.2. The molecule has 4 nitrogen and oxygen atoms in total. The van der Waals surface area contributed by atoms with Crippen molar-refractivity contribution in [2.75, 3.05) is 26.4 Å². The highest BCUT2D eigenvalue weighted by Gasteiger charge is 2.68. The van der Waals surface area contributed by atoms with Crippen LogP contribution in [0.3, 0.4) is 0 Å². The topological polar surface area (TPSA) is 38.8 Å². The Hall–Kier alpha value is -1.29. The zero-order chi connectivity index (χ0) is 13.8. The van der Waals surface area contributed by atoms with Gasteiger partial charge in [-0.2, -0.15) is 0 Å². The van der Waals surface area contributed by atoms with Gasteiger partial charge in [0.2, 0.25) is 0 Å². The summed E-state index contributed by atoms with van der Waals surface area (Å²) in [6.45, 7) is 4.64. The Kier molecular flexibility index (Phi) is 2.56. The van der Waals surface area contributed by atoms with Crippen molar-refractivity contribution in [3.63, 3.8) is 0 Å². The molecule has 4 atom stereocenters. The average Bonchev–Trinajstić information content (AvgIpc) is 2.90. The minimum Gasteiger partial charge on any atom is -0.450 e. The van der Waals surface area contributed by atoms with Crippen molar-refractivity contribution in [1.82, 2.24) is 4.90 Å². The molecule has 0 aromatic heterocycles. The number of fused-ring (bicyclic) bond motifs is 2. The molecule has 2 bridgehead atoms. The molecule has 1 saturated carbocycles. The van der Waals surface area contributed by atoms with Gasteiger partial charge >= 0.3 is 6.09 Å². The van der Waals surface area contributed by atoms with Crippen LogP contribution in [-0.4, -0.2) is 43.4 Å². The SMILES string of the molecule is CCOC(=O)N1CC2CC[C@@H]1[C@@]13C=CC=CC21COC3. The van der Waals surface area contributed by atoms with Crippen LogP contribution in [0.1, 0.15) is 19.8 Å². The van der Waals surface area contributed by atoms with Gasteiger partial charge in [-0.1, -0.05) is 24.3 Å². The van der Waals surface area contributed by atoms with Crippen molar-refractivity contribution in [2.24, 2.45) is 16.7 Å². The standard InChI is InChI=1S/C16H21NO3/c1-2-20-14(18)17-9-12-5-6-13(17)16-8-4-3-7-15(12,16)10-19-11-16/h3-4,7-8,12-13H,2,5-6,9-11H2,1H3/t12?,13-,15?,16+/m1/s1. The van der Waals surface area contributed by atoms with Gasteiger partial charge in [-0.05, 0) is 25.7 Å². The highest BCUT2D eigenvalue weighted by Crippen LogP contribution is 2.64. The first-order valence-electron chi connectivity index (χ1n) is 7.62. The lowest BCUT2D eigenvalue weighted by molar-refractivity contribution is -0.0940. The molecular weight excluding hydrogens is 254 g/mol. The predicted molar refractivity (Wildman–Crippen MR) is 74.2 cm³/mol. The molecule has 0 aromatic rings. The van der Waals surface area contributed by atoms with Crippen LogP contribution in [0, 0.1) is 16.7 Å². The van der Waals surface area contributed by atoms with Crippen molar-refractivity contribution in [3.8, 4) is 0 Å². The van der Waals surface area contributed by atoms with Crippen molar-refractivity contribution < 1.29 is 14.3 Å². The molecule has 108 valence electrons. The number of hydrogen-bond donors (Lipinski definition) is 0. The molecule has 4 heteroatoms. The predicted octanol–water partition coefficient (Wildman–Crippen LogP) is 2.37. The molecule has 2 unspecified atom stereocenters. The van der Waals surface area contributed by atoms with Crippen LogP contribution in [0.5, 0.6) is 0 Å². The number of ether oxygens (including phenoxy) is 2. The average molecular weight is 275 g/mol. The first kappa shape index (κ1) is 12.5. The smallest absolute Gasteiger partial charge is 0.410 e. The Morgan fingerprint density at radius 2 is 2.05 bits per heavy atom. The van der Waals surface area contributed by atoms with Crippen LogP contribution in [-0.2, 0) is 9.47 Å². The summed E-state index contributed by atoms with van der Waals surface area (Å²) in [6.07, 6.45) is 11.0. The Balaban J connectivity index is 1.76. The molecule has 3 heterocycles. The summed E-state index contributed by atoms with van der Waals surface area (Å²) in [5.74, 6) is 0.487. The molecule has 3 saturated heterocycles. The van der Waals surface area contributed by atoms with Gasteiger partial charge in [0.15, 0.2) is 0 Å². The van der Waals surface area contributed by atoms with E-state index in [0.717, 1.165) is 26.2 Å². The van der Waals surface area contributed by atoms with E-state index in [1.165, 1.54) is 6.42 Å². The molecule has 1 amide bonds. The van der Waals surface area contributed by atoms with Gasteiger partial charge in [0.1, 0.15) is 0 Å². The number of amides is 1. The van der Waals surface area contributed by atoms with Crippen molar-refractivity contribution in [3.05, 3.63) is 24.3 Å². The molecule has 0 N–H and O–H groups in total. The quantitative estimate of drug-likeness (QED) is 0.737. The summed E-state index contributed by atoms with van der Waals surface area (Å²) < 4.78 is 11.2. The molecule has 0 aromatic carbocycles. The Morgan fingerprint density at radius 3 is 2.85 bits per heavy atom. The lowest BCUT2D eigenvalue weighted by Crippen LogP contribution is -2.69. The van der Waals surface area contributed by atoms with E-state index in [0.29, 0.717) is 12.5 Å². The van der Waals surface area contributed by atoms with Crippen molar-refractivity contribution >= 4 is 6.09 Å². The molecule has 3 aliphatic heterocycles. The summed E-state index contributed by atoms with van der Waals surface area (Å²) in [5, 5.41) is 0. The van der Waals surface area contributed by atoms with Gasteiger partial charge < -0.3 is 14.4 Å². The summed E-state index contributed by atoms with van der Waals surface area (Å²) in [6, 6.07) is 0.218. The lowest BCUT2D eigenvalue weighted by atomic mass is 9.47. The number of hydrogen-bond acceptors (Lipinski definition) is 3. The zero-order valence-electron chi connectivity index (χ0n) is 11.9. The molecule has 5 aliphatic rings. The van der Waals surface area contributed by atoms with Crippen LogP contribution in [0.25, 0.3) is 0 Å². The first-order chi connectivity index (χ1) is 9.73. The molecule has 0 radical (unpaired) electrons. The largest absolute Gasteiger partial charge is 0.450 e. The van der Waals surface area contributed by atoms with Gasteiger partial charge in [-0.3, -0.25) is 0 Å². The second kappa shape index (κ2) is 4.10. The molecule has 2 aliphatic carbocycles. The van der Waals surface area contributed by atoms with Gasteiger partial charge in [-0.15, -0.1) is 0 Å². The van der Waals surface area contributed by atoms with Crippen molar-refractivity contribution in [1.29, 1.82) is 0 Å². The van der Waals surface area contributed by atoms with Crippen LogP contribution in [0.15, 0.2) is 24.3 Å². The van der Waals surface area contributed by atoms with Crippen LogP contribution >= 0.6 is 0 Å². The first-order valence-corrected chi connectivity index (χ1v) is 7.62. The van der Waals surface area contributed by atoms with Crippen LogP contribution in [0.2, 0.25) is 0 Å². The zero-order valence-corrected chi connectivity index (χ0v) is 11.9. The number of nitrogens with zero attached hydrogens (tertiary/aromatic N) is 1. The van der Waals surface area contributed by atoms with E-state index in [4.69, 9.17) is 9.47 Å². The van der Waals surface area contributed by atoms with E-state index in [1.807, 2.05) is 11.8 Å². The monoisotopic (exact) mass is 275 g/mol. The second-order valence-corrected chi connectivity index (χ2v) is 6.43. The maximum Gasteiger partial charge on any atom is 0.410 e. The third kappa shape index (κ3) is 1.28. The van der Waals surface area contributed by atoms with E-state index < -0.39 is 0 Å². The van der Waals surface area contributed by atoms with E-state index in [9.17, 15) is 4.79 Å². The Bertz CT molecular complexity index is 500. The molecule has 20 heavy (non-hydrogen) atoms. The lowest BCUT2D eigenvalue weighted by Gasteiger charge is -2.62. The number of carbonyl (C=O) groups excluding carboxylic acids is 1. The molecule has 4 fully saturated rings. The normalized spacial score (nSPS) is 44.4. The van der Waals surface area contributed by atoms with E-state index in [2.05, 4.69) is 24.3 Å². The molecule has 5 rings (SSSR count). The maximum absolute atomic E-state index is 12.3. The highest BCUT2D eigenvalue weighted by atomic mass is 16.6. The summed E-state index contributed by atoms with van der Waals surface area (Å²) in [7, 11) is 0. The third-order valence-corrected chi connectivity index (χ3v) is 5.85. The minimum absolute atomic E-state index is 0.0321. The number of rotatable bonds is 1. The second-order valence-electron chi connectivity index (χ2n) is 6.43. The fourth-order valence-corrected chi connectivity index (χ4v) is 5.01. The molecule has 0 spiro atoms. The number of allylic oxidation sites excluding steroid dienone is 2. The molecular formula is C16H21NO3.